The van der Waals surface area contributed by atoms with Crippen LogP contribution in [-0.4, -0.2) is 27.5 Å². The van der Waals surface area contributed by atoms with Gasteiger partial charge in [0.25, 0.3) is 5.16 Å². The van der Waals surface area contributed by atoms with E-state index in [9.17, 15) is 0 Å². The molecule has 0 radical (unpaired) electrons. The van der Waals surface area contributed by atoms with E-state index < -0.39 is 0 Å². The Bertz CT molecular complexity index is 466. The van der Waals surface area contributed by atoms with Crippen LogP contribution in [0.2, 0.25) is 0 Å². The van der Waals surface area contributed by atoms with E-state index >= 15 is 0 Å². The minimum Gasteiger partial charge on any atom is -0.272 e. The van der Waals surface area contributed by atoms with Crippen LogP contribution in [0, 0.1) is 0 Å². The van der Waals surface area contributed by atoms with Crippen LogP contribution in [-0.2, 0) is 7.05 Å². The number of fused-ring (bicyclic) bond motifs is 1. The zero-order valence-corrected chi connectivity index (χ0v) is 9.87. The molecular formula is C8H11N4S2+. The lowest BCUT2D eigenvalue weighted by Gasteiger charge is -1.95. The van der Waals surface area contributed by atoms with Crippen molar-refractivity contribution >= 4 is 34.7 Å². The first-order valence-corrected chi connectivity index (χ1v) is 6.54. The molecule has 0 fully saturated rings. The van der Waals surface area contributed by atoms with Crippen LogP contribution >= 0.6 is 23.5 Å². The smallest absolute Gasteiger partial charge is 0.272 e. The first kappa shape index (κ1) is 9.79. The second kappa shape index (κ2) is 3.78. The third-order valence-corrected chi connectivity index (χ3v) is 3.18. The van der Waals surface area contributed by atoms with Gasteiger partial charge in [-0.15, -0.1) is 11.8 Å². The molecule has 0 saturated heterocycles. The Hall–Kier alpha value is -0.750. The second-order valence-electron chi connectivity index (χ2n) is 2.80. The van der Waals surface area contributed by atoms with E-state index in [1.165, 1.54) is 0 Å². The summed E-state index contributed by atoms with van der Waals surface area (Å²) in [6.45, 7) is 0. The SMILES string of the molecule is CSc1nc(SC)c2[nH]c[n+](C)c2n1. The van der Waals surface area contributed by atoms with Crippen molar-refractivity contribution < 1.29 is 4.57 Å². The monoisotopic (exact) mass is 227 g/mol. The molecule has 0 aliphatic rings. The fourth-order valence-corrected chi connectivity index (χ4v) is 2.20. The number of aryl methyl sites for hydroxylation is 1. The van der Waals surface area contributed by atoms with Crippen molar-refractivity contribution in [2.45, 2.75) is 10.2 Å². The lowest BCUT2D eigenvalue weighted by atomic mass is 10.5. The summed E-state index contributed by atoms with van der Waals surface area (Å²) in [4.78, 5) is 12.0. The summed E-state index contributed by atoms with van der Waals surface area (Å²) in [5, 5.41) is 1.82. The van der Waals surface area contributed by atoms with E-state index in [1.54, 1.807) is 23.5 Å². The van der Waals surface area contributed by atoms with Gasteiger partial charge in [-0.05, 0) is 12.5 Å². The van der Waals surface area contributed by atoms with Crippen molar-refractivity contribution in [3.8, 4) is 0 Å². The van der Waals surface area contributed by atoms with Crippen LogP contribution < -0.4 is 4.57 Å². The molecule has 0 aliphatic carbocycles. The van der Waals surface area contributed by atoms with Crippen molar-refractivity contribution in [1.29, 1.82) is 0 Å². The number of aromatic amines is 1. The van der Waals surface area contributed by atoms with E-state index in [0.717, 1.165) is 21.3 Å². The molecule has 6 heteroatoms. The van der Waals surface area contributed by atoms with Crippen molar-refractivity contribution in [2.75, 3.05) is 12.5 Å². The van der Waals surface area contributed by atoms with Gasteiger partial charge in [0.2, 0.25) is 5.52 Å². The highest BCUT2D eigenvalue weighted by molar-refractivity contribution is 7.99. The minimum absolute atomic E-state index is 0.817. The number of H-pyrrole nitrogens is 1. The fourth-order valence-electron chi connectivity index (χ4n) is 1.25. The predicted molar refractivity (Wildman–Crippen MR) is 58.6 cm³/mol. The minimum atomic E-state index is 0.817. The molecule has 0 spiro atoms. The molecule has 74 valence electrons. The van der Waals surface area contributed by atoms with E-state index in [1.807, 2.05) is 30.5 Å². The van der Waals surface area contributed by atoms with Gasteiger partial charge in [0.15, 0.2) is 6.33 Å². The van der Waals surface area contributed by atoms with Gasteiger partial charge in [-0.3, -0.25) is 4.98 Å². The Morgan fingerprint density at radius 2 is 2.07 bits per heavy atom. The predicted octanol–water partition coefficient (Wildman–Crippen LogP) is 1.23. The molecule has 4 nitrogen and oxygen atoms in total. The number of imidazole rings is 1. The van der Waals surface area contributed by atoms with Crippen molar-refractivity contribution in [3.63, 3.8) is 0 Å². The van der Waals surface area contributed by atoms with Crippen LogP contribution in [0.4, 0.5) is 0 Å². The molecule has 0 atom stereocenters. The summed E-state index contributed by atoms with van der Waals surface area (Å²) in [5.41, 5.74) is 1.96. The molecule has 2 rings (SSSR count). The topological polar surface area (TPSA) is 45.5 Å². The molecule has 0 bridgehead atoms. The zero-order chi connectivity index (χ0) is 10.1. The Labute approximate surface area is 90.5 Å². The highest BCUT2D eigenvalue weighted by Gasteiger charge is 2.16. The largest absolute Gasteiger partial charge is 0.307 e. The first-order valence-electron chi connectivity index (χ1n) is 4.09. The molecule has 0 amide bonds. The maximum absolute atomic E-state index is 4.43. The van der Waals surface area contributed by atoms with Gasteiger partial charge >= 0.3 is 5.65 Å². The molecule has 0 aromatic carbocycles. The quantitative estimate of drug-likeness (QED) is 0.363. The Morgan fingerprint density at radius 3 is 2.71 bits per heavy atom. The summed E-state index contributed by atoms with van der Waals surface area (Å²) < 4.78 is 1.97. The van der Waals surface area contributed by atoms with E-state index in [2.05, 4.69) is 15.0 Å². The lowest BCUT2D eigenvalue weighted by Crippen LogP contribution is -2.26. The molecule has 14 heavy (non-hydrogen) atoms. The van der Waals surface area contributed by atoms with Gasteiger partial charge in [-0.2, -0.15) is 4.98 Å². The fraction of sp³-hybridized carbons (Fsp3) is 0.375. The highest BCUT2D eigenvalue weighted by Crippen LogP contribution is 2.22. The average Bonchev–Trinajstić information content (AvgIpc) is 2.59. The van der Waals surface area contributed by atoms with Gasteiger partial charge < -0.3 is 0 Å². The molecule has 2 aromatic heterocycles. The van der Waals surface area contributed by atoms with Gasteiger partial charge in [0.05, 0.1) is 7.05 Å². The summed E-state index contributed by atoms with van der Waals surface area (Å²) in [6.07, 6.45) is 5.90. The van der Waals surface area contributed by atoms with E-state index in [4.69, 9.17) is 0 Å². The van der Waals surface area contributed by atoms with Crippen molar-refractivity contribution in [3.05, 3.63) is 6.33 Å². The molecule has 0 unspecified atom stereocenters. The lowest BCUT2D eigenvalue weighted by molar-refractivity contribution is -0.646. The summed E-state index contributed by atoms with van der Waals surface area (Å²) in [6, 6.07) is 0. The third kappa shape index (κ3) is 1.48. The number of nitrogens with one attached hydrogen (secondary N) is 1. The number of hydrogen-bond donors (Lipinski definition) is 1. The normalized spacial score (nSPS) is 11.1. The van der Waals surface area contributed by atoms with Gasteiger partial charge in [-0.1, -0.05) is 16.7 Å². The number of nitrogens with zero attached hydrogens (tertiary/aromatic N) is 3. The Morgan fingerprint density at radius 1 is 1.29 bits per heavy atom. The molecule has 0 aliphatic heterocycles. The molecule has 1 N–H and O–H groups in total. The van der Waals surface area contributed by atoms with Crippen molar-refractivity contribution in [1.82, 2.24) is 15.0 Å². The van der Waals surface area contributed by atoms with Crippen LogP contribution in [0.5, 0.6) is 0 Å². The number of hydrogen-bond acceptors (Lipinski definition) is 4. The molecule has 2 aromatic rings. The number of aromatic nitrogens is 4. The van der Waals surface area contributed by atoms with Gasteiger partial charge in [0.1, 0.15) is 5.03 Å². The van der Waals surface area contributed by atoms with Crippen LogP contribution in [0.1, 0.15) is 0 Å². The van der Waals surface area contributed by atoms with Gasteiger partial charge in [-0.25, -0.2) is 4.57 Å². The molecule has 2 heterocycles. The molecular weight excluding hydrogens is 216 g/mol. The van der Waals surface area contributed by atoms with Crippen LogP contribution in [0.25, 0.3) is 11.2 Å². The zero-order valence-electron chi connectivity index (χ0n) is 8.24. The van der Waals surface area contributed by atoms with Crippen molar-refractivity contribution in [2.24, 2.45) is 7.05 Å². The summed E-state index contributed by atoms with van der Waals surface area (Å²) >= 11 is 3.19. The van der Waals surface area contributed by atoms with E-state index in [-0.39, 0.29) is 0 Å². The second-order valence-corrected chi connectivity index (χ2v) is 4.37. The van der Waals surface area contributed by atoms with Crippen LogP contribution in [0.3, 0.4) is 0 Å². The van der Waals surface area contributed by atoms with Gasteiger partial charge in [0, 0.05) is 0 Å². The highest BCUT2D eigenvalue weighted by atomic mass is 32.2. The molecule has 0 saturated carbocycles. The maximum atomic E-state index is 4.43. The third-order valence-electron chi connectivity index (χ3n) is 1.95. The maximum Gasteiger partial charge on any atom is 0.307 e. The standard InChI is InChI=1S/C8H10N4S2/c1-12-4-9-5-6(12)10-8(14-3)11-7(5)13-2/h4H,1-3H3/p+1. The van der Waals surface area contributed by atoms with E-state index in [0.29, 0.717) is 0 Å². The number of rotatable bonds is 2. The number of thioether (sulfide) groups is 2. The summed E-state index contributed by atoms with van der Waals surface area (Å²) in [5.74, 6) is 0. The Kier molecular flexibility index (Phi) is 2.64. The van der Waals surface area contributed by atoms with Crippen LogP contribution in [0.15, 0.2) is 16.5 Å². The Balaban J connectivity index is 2.76. The first-order chi connectivity index (χ1) is 6.76. The summed E-state index contributed by atoms with van der Waals surface area (Å²) in [7, 11) is 1.97. The average molecular weight is 227 g/mol.